The second-order valence-corrected chi connectivity index (χ2v) is 4.44. The number of nitrogens with one attached hydrogen (secondary N) is 1. The standard InChI is InChI=1S/C9H10N2.C7H6N2.H2O.O/c1-2-11-7-10-8-5-3-4-6-9(8)11;1-2-4-7-6(3-1)8-5-9-7;;/h3-7H,2H2,1H3;1-5H,(H,8,9);1H2;/q;;;-2/p-1. The van der Waals surface area contributed by atoms with Gasteiger partial charge in [-0.1, -0.05) is 24.3 Å². The van der Waals surface area contributed by atoms with E-state index < -0.39 is 0 Å². The van der Waals surface area contributed by atoms with Crippen molar-refractivity contribution >= 4 is 22.1 Å². The number of rotatable bonds is 1. The summed E-state index contributed by atoms with van der Waals surface area (Å²) < 4.78 is 2.13. The number of fused-ring (bicyclic) bond motifs is 2. The topological polar surface area (TPSA) is 105 Å². The largest absolute Gasteiger partial charge is 2.00 e. The van der Waals surface area contributed by atoms with Crippen LogP contribution in [0, 0.1) is 0 Å². The summed E-state index contributed by atoms with van der Waals surface area (Å²) in [7, 11) is 0. The molecule has 0 unspecified atom stereocenters. The predicted octanol–water partition coefficient (Wildman–Crippen LogP) is 3.32. The third-order valence-corrected chi connectivity index (χ3v) is 3.20. The normalized spacial score (nSPS) is 9.50. The molecule has 0 saturated heterocycles. The van der Waals surface area contributed by atoms with Crippen molar-refractivity contribution in [3.05, 3.63) is 61.2 Å². The third kappa shape index (κ3) is 3.49. The first kappa shape index (κ1) is 17.4. The number of imidazole rings is 2. The zero-order chi connectivity index (χ0) is 13.8. The molecule has 0 bridgehead atoms. The number of nitrogens with zero attached hydrogens (tertiary/aromatic N) is 3. The molecule has 2 aromatic carbocycles. The van der Waals surface area contributed by atoms with E-state index in [0.29, 0.717) is 0 Å². The van der Waals surface area contributed by atoms with Crippen LogP contribution in [0.4, 0.5) is 0 Å². The average molecular weight is 297 g/mol. The molecule has 6 heteroatoms. The van der Waals surface area contributed by atoms with Crippen molar-refractivity contribution in [3.8, 4) is 0 Å². The molecule has 0 aliphatic rings. The lowest BCUT2D eigenvalue weighted by Crippen LogP contribution is -1.89. The molecule has 22 heavy (non-hydrogen) atoms. The molecular weight excluding hydrogens is 280 g/mol. The van der Waals surface area contributed by atoms with Crippen molar-refractivity contribution in [2.45, 2.75) is 13.5 Å². The molecule has 6 nitrogen and oxygen atoms in total. The van der Waals surface area contributed by atoms with E-state index in [1.807, 2.05) is 48.8 Å². The maximum absolute atomic E-state index is 4.25. The van der Waals surface area contributed by atoms with Gasteiger partial charge >= 0.3 is 0 Å². The lowest BCUT2D eigenvalue weighted by Gasteiger charge is -2.00. The van der Waals surface area contributed by atoms with E-state index in [9.17, 15) is 0 Å². The molecular formula is C16H17N4O2-3. The molecule has 0 aliphatic carbocycles. The van der Waals surface area contributed by atoms with Crippen LogP contribution in [0.5, 0.6) is 0 Å². The number of H-pyrrole nitrogens is 1. The first-order chi connectivity index (χ1) is 9.88. The van der Waals surface area contributed by atoms with Crippen molar-refractivity contribution < 1.29 is 11.0 Å². The molecule has 0 saturated carbocycles. The number of hydrogen-bond donors (Lipinski definition) is 1. The Hall–Kier alpha value is -2.70. The Morgan fingerprint density at radius 2 is 1.64 bits per heavy atom. The van der Waals surface area contributed by atoms with Crippen LogP contribution in [0.25, 0.3) is 22.1 Å². The fraction of sp³-hybridized carbons (Fsp3) is 0.125. The van der Waals surface area contributed by atoms with Crippen LogP contribution in [0.2, 0.25) is 0 Å². The second-order valence-electron chi connectivity index (χ2n) is 4.44. The van der Waals surface area contributed by atoms with Gasteiger partial charge in [0, 0.05) is 6.54 Å². The molecule has 0 aliphatic heterocycles. The van der Waals surface area contributed by atoms with Gasteiger partial charge in [0.1, 0.15) is 0 Å². The summed E-state index contributed by atoms with van der Waals surface area (Å²) in [5.74, 6) is 0. The summed E-state index contributed by atoms with van der Waals surface area (Å²) >= 11 is 0. The summed E-state index contributed by atoms with van der Waals surface area (Å²) in [4.78, 5) is 11.3. The molecule has 2 heterocycles. The van der Waals surface area contributed by atoms with Crippen LogP contribution in [-0.4, -0.2) is 25.0 Å². The molecule has 4 rings (SSSR count). The fourth-order valence-corrected chi connectivity index (χ4v) is 2.14. The van der Waals surface area contributed by atoms with Crippen LogP contribution in [0.3, 0.4) is 0 Å². The van der Waals surface area contributed by atoms with Crippen LogP contribution < -0.4 is 0 Å². The van der Waals surface area contributed by atoms with Crippen LogP contribution in [-0.2, 0) is 12.0 Å². The molecule has 116 valence electrons. The predicted molar refractivity (Wildman–Crippen MR) is 84.1 cm³/mol. The average Bonchev–Trinajstić information content (AvgIpc) is 3.14. The Morgan fingerprint density at radius 1 is 0.955 bits per heavy atom. The van der Waals surface area contributed by atoms with Gasteiger partial charge in [-0.15, -0.1) is 0 Å². The lowest BCUT2D eigenvalue weighted by molar-refractivity contribution is 0.686. The highest BCUT2D eigenvalue weighted by atomic mass is 16.0. The highest BCUT2D eigenvalue weighted by molar-refractivity contribution is 5.75. The van der Waals surface area contributed by atoms with Gasteiger partial charge in [-0.05, 0) is 31.2 Å². The molecule has 2 N–H and O–H groups in total. The Bertz CT molecular complexity index is 793. The van der Waals surface area contributed by atoms with Crippen LogP contribution >= 0.6 is 0 Å². The Labute approximate surface area is 128 Å². The highest BCUT2D eigenvalue weighted by Gasteiger charge is 1.96. The van der Waals surface area contributed by atoms with Gasteiger partial charge in [0.25, 0.3) is 0 Å². The van der Waals surface area contributed by atoms with E-state index in [2.05, 4.69) is 32.5 Å². The van der Waals surface area contributed by atoms with Gasteiger partial charge in [0.2, 0.25) is 0 Å². The van der Waals surface area contributed by atoms with E-state index in [0.717, 1.165) is 23.1 Å². The number of hydrogen-bond acceptors (Lipinski definition) is 3. The van der Waals surface area contributed by atoms with Gasteiger partial charge in [-0.2, -0.15) is 0 Å². The fourth-order valence-electron chi connectivity index (χ4n) is 2.14. The zero-order valence-electron chi connectivity index (χ0n) is 12.2. The Balaban J connectivity index is 0.000000205. The molecule has 0 radical (unpaired) electrons. The van der Waals surface area contributed by atoms with Crippen molar-refractivity contribution in [2.75, 3.05) is 0 Å². The van der Waals surface area contributed by atoms with Gasteiger partial charge in [-0.25, -0.2) is 9.97 Å². The van der Waals surface area contributed by atoms with E-state index in [1.165, 1.54) is 5.52 Å². The number of aromatic nitrogens is 4. The minimum Gasteiger partial charge on any atom is -2.00 e. The SMILES string of the molecule is CCn1cnc2ccccc21.[O-2].[OH-].c1ccc2[nH]cnc2c1. The summed E-state index contributed by atoms with van der Waals surface area (Å²) in [5.41, 5.74) is 4.42. The minimum atomic E-state index is 0. The minimum absolute atomic E-state index is 0. The smallest absolute Gasteiger partial charge is 0.0958 e. The van der Waals surface area contributed by atoms with Gasteiger partial charge in [-0.3, -0.25) is 0 Å². The van der Waals surface area contributed by atoms with Crippen LogP contribution in [0.15, 0.2) is 61.2 Å². The monoisotopic (exact) mass is 297 g/mol. The molecule has 4 aromatic rings. The highest BCUT2D eigenvalue weighted by Crippen LogP contribution is 2.10. The zero-order valence-corrected chi connectivity index (χ0v) is 12.2. The number of benzene rings is 2. The quantitative estimate of drug-likeness (QED) is 0.582. The van der Waals surface area contributed by atoms with Crippen molar-refractivity contribution in [3.63, 3.8) is 0 Å². The van der Waals surface area contributed by atoms with E-state index >= 15 is 0 Å². The van der Waals surface area contributed by atoms with Gasteiger partial charge in [0.15, 0.2) is 0 Å². The maximum Gasteiger partial charge on any atom is 0.0958 e. The first-order valence-electron chi connectivity index (χ1n) is 6.66. The molecule has 0 amide bonds. The van der Waals surface area contributed by atoms with E-state index in [1.54, 1.807) is 6.33 Å². The maximum atomic E-state index is 4.25. The molecule has 0 spiro atoms. The number of para-hydroxylation sites is 4. The first-order valence-corrected chi connectivity index (χ1v) is 6.66. The number of aryl methyl sites for hydroxylation is 1. The van der Waals surface area contributed by atoms with E-state index in [-0.39, 0.29) is 11.0 Å². The Morgan fingerprint density at radius 3 is 2.36 bits per heavy atom. The molecule has 2 aromatic heterocycles. The summed E-state index contributed by atoms with van der Waals surface area (Å²) in [5, 5.41) is 0. The second kappa shape index (κ2) is 7.92. The summed E-state index contributed by atoms with van der Waals surface area (Å²) in [6.45, 7) is 3.11. The molecule has 0 atom stereocenters. The number of aromatic amines is 1. The van der Waals surface area contributed by atoms with Gasteiger partial charge < -0.3 is 20.5 Å². The summed E-state index contributed by atoms with van der Waals surface area (Å²) in [6.07, 6.45) is 3.58. The summed E-state index contributed by atoms with van der Waals surface area (Å²) in [6, 6.07) is 16.1. The van der Waals surface area contributed by atoms with Crippen molar-refractivity contribution in [1.29, 1.82) is 0 Å². The van der Waals surface area contributed by atoms with Gasteiger partial charge in [0.05, 0.1) is 34.7 Å². The Kier molecular flexibility index (Phi) is 6.25. The van der Waals surface area contributed by atoms with Crippen molar-refractivity contribution in [1.82, 2.24) is 19.5 Å². The van der Waals surface area contributed by atoms with E-state index in [4.69, 9.17) is 0 Å². The van der Waals surface area contributed by atoms with Crippen molar-refractivity contribution in [2.24, 2.45) is 0 Å². The third-order valence-electron chi connectivity index (χ3n) is 3.20. The van der Waals surface area contributed by atoms with Crippen LogP contribution in [0.1, 0.15) is 6.92 Å². The lowest BCUT2D eigenvalue weighted by atomic mass is 10.3. The molecule has 0 fully saturated rings.